The highest BCUT2D eigenvalue weighted by Gasteiger charge is 2.44. The van der Waals surface area contributed by atoms with Crippen molar-refractivity contribution in [3.63, 3.8) is 0 Å². The molecule has 1 aromatic carbocycles. The van der Waals surface area contributed by atoms with Gasteiger partial charge in [-0.15, -0.1) is 0 Å². The van der Waals surface area contributed by atoms with Crippen molar-refractivity contribution >= 4 is 17.5 Å². The molecule has 1 amide bonds. The van der Waals surface area contributed by atoms with Crippen molar-refractivity contribution in [3.05, 3.63) is 34.9 Å². The van der Waals surface area contributed by atoms with E-state index in [0.29, 0.717) is 17.9 Å². The van der Waals surface area contributed by atoms with Crippen LogP contribution in [0.25, 0.3) is 0 Å². The summed E-state index contributed by atoms with van der Waals surface area (Å²) in [4.78, 5) is 13.0. The molecule has 0 bridgehead atoms. The summed E-state index contributed by atoms with van der Waals surface area (Å²) in [6.07, 6.45) is 4.41. The molecular formula is C18H24ClNO3. The Morgan fingerprint density at radius 1 is 1.22 bits per heavy atom. The molecule has 0 aliphatic heterocycles. The van der Waals surface area contributed by atoms with Crippen molar-refractivity contribution in [3.8, 4) is 0 Å². The minimum atomic E-state index is -0.527. The van der Waals surface area contributed by atoms with Crippen molar-refractivity contribution in [1.29, 1.82) is 0 Å². The lowest BCUT2D eigenvalue weighted by atomic mass is 9.78. The summed E-state index contributed by atoms with van der Waals surface area (Å²) in [6.45, 7) is -0.0319. The molecule has 2 aliphatic carbocycles. The summed E-state index contributed by atoms with van der Waals surface area (Å²) < 4.78 is 0. The molecule has 23 heavy (non-hydrogen) atoms. The standard InChI is InChI=1S/C18H24ClNO3/c19-14-5-3-13(4-6-14)18(7-1-2-8-18)17(23)20-15-9-12(11-21)16(22)10-15/h3-6,12,15-16,21-22H,1-2,7-11H2,(H,20,23)/t12-,15+,16+/m0/s1. The Bertz CT molecular complexity index is 554. The highest BCUT2D eigenvalue weighted by Crippen LogP contribution is 2.42. The van der Waals surface area contributed by atoms with E-state index in [1.807, 2.05) is 24.3 Å². The fraction of sp³-hybridized carbons (Fsp3) is 0.611. The summed E-state index contributed by atoms with van der Waals surface area (Å²) in [6, 6.07) is 7.52. The third-order valence-corrected chi connectivity index (χ3v) is 5.77. The maximum atomic E-state index is 13.0. The van der Waals surface area contributed by atoms with Gasteiger partial charge in [-0.3, -0.25) is 4.79 Å². The number of benzene rings is 1. The summed E-state index contributed by atoms with van der Waals surface area (Å²) in [5, 5.41) is 23.0. The van der Waals surface area contributed by atoms with Gasteiger partial charge in [-0.1, -0.05) is 36.6 Å². The lowest BCUT2D eigenvalue weighted by Crippen LogP contribution is -2.46. The first-order valence-electron chi connectivity index (χ1n) is 8.41. The van der Waals surface area contributed by atoms with E-state index in [0.717, 1.165) is 31.2 Å². The molecule has 0 radical (unpaired) electrons. The Labute approximate surface area is 141 Å². The van der Waals surface area contributed by atoms with E-state index < -0.39 is 11.5 Å². The first-order chi connectivity index (χ1) is 11.0. The maximum Gasteiger partial charge on any atom is 0.230 e. The van der Waals surface area contributed by atoms with Crippen LogP contribution in [0.4, 0.5) is 0 Å². The average Bonchev–Trinajstić information content (AvgIpc) is 3.15. The van der Waals surface area contributed by atoms with Crippen molar-refractivity contribution in [2.24, 2.45) is 5.92 Å². The maximum absolute atomic E-state index is 13.0. The van der Waals surface area contributed by atoms with E-state index in [9.17, 15) is 15.0 Å². The minimum absolute atomic E-state index is 0.0319. The Kier molecular flexibility index (Phi) is 4.95. The van der Waals surface area contributed by atoms with Gasteiger partial charge in [0.1, 0.15) is 0 Å². The van der Waals surface area contributed by atoms with Gasteiger partial charge in [0.05, 0.1) is 11.5 Å². The zero-order valence-corrected chi connectivity index (χ0v) is 13.9. The second kappa shape index (κ2) is 6.80. The number of rotatable bonds is 4. The first kappa shape index (κ1) is 16.7. The number of nitrogens with one attached hydrogen (secondary N) is 1. The van der Waals surface area contributed by atoms with Gasteiger partial charge in [-0.2, -0.15) is 0 Å². The average molecular weight is 338 g/mol. The summed E-state index contributed by atoms with van der Waals surface area (Å²) in [5.74, 6) is -0.0801. The molecule has 2 fully saturated rings. The van der Waals surface area contributed by atoms with Gasteiger partial charge < -0.3 is 15.5 Å². The highest BCUT2D eigenvalue weighted by molar-refractivity contribution is 6.30. The minimum Gasteiger partial charge on any atom is -0.396 e. The summed E-state index contributed by atoms with van der Waals surface area (Å²) in [5.41, 5.74) is 0.543. The second-order valence-electron chi connectivity index (χ2n) is 6.95. The zero-order valence-electron chi connectivity index (χ0n) is 13.2. The Morgan fingerprint density at radius 2 is 1.87 bits per heavy atom. The third kappa shape index (κ3) is 3.25. The molecule has 4 nitrogen and oxygen atoms in total. The van der Waals surface area contributed by atoms with Crippen LogP contribution < -0.4 is 5.32 Å². The fourth-order valence-corrected chi connectivity index (χ4v) is 4.26. The molecule has 0 aromatic heterocycles. The Morgan fingerprint density at radius 3 is 2.43 bits per heavy atom. The smallest absolute Gasteiger partial charge is 0.230 e. The summed E-state index contributed by atoms with van der Waals surface area (Å²) >= 11 is 5.98. The molecule has 0 unspecified atom stereocenters. The van der Waals surface area contributed by atoms with Crippen LogP contribution in [0.15, 0.2) is 24.3 Å². The normalized spacial score (nSPS) is 29.6. The molecular weight excluding hydrogens is 314 g/mol. The highest BCUT2D eigenvalue weighted by atomic mass is 35.5. The topological polar surface area (TPSA) is 69.6 Å². The second-order valence-corrected chi connectivity index (χ2v) is 7.38. The molecule has 0 heterocycles. The van der Waals surface area contributed by atoms with Gasteiger partial charge in [-0.05, 0) is 43.4 Å². The van der Waals surface area contributed by atoms with E-state index in [1.165, 1.54) is 0 Å². The SMILES string of the molecule is O=C(N[C@@H]1C[C@@H](CO)[C@H](O)C1)C1(c2ccc(Cl)cc2)CCCC1. The van der Waals surface area contributed by atoms with Gasteiger partial charge in [0.2, 0.25) is 5.91 Å². The molecule has 5 heteroatoms. The van der Waals surface area contributed by atoms with E-state index in [1.54, 1.807) is 0 Å². The van der Waals surface area contributed by atoms with Crippen LogP contribution in [0.5, 0.6) is 0 Å². The number of hydrogen-bond donors (Lipinski definition) is 3. The molecule has 3 atom stereocenters. The van der Waals surface area contributed by atoms with Crippen molar-refractivity contribution in [1.82, 2.24) is 5.32 Å². The molecule has 2 aliphatic rings. The van der Waals surface area contributed by atoms with Crippen LogP contribution in [-0.4, -0.2) is 34.9 Å². The van der Waals surface area contributed by atoms with Crippen LogP contribution in [0.3, 0.4) is 0 Å². The molecule has 3 rings (SSSR count). The van der Waals surface area contributed by atoms with Crippen molar-refractivity contribution in [2.45, 2.75) is 56.1 Å². The van der Waals surface area contributed by atoms with E-state index in [2.05, 4.69) is 5.32 Å². The van der Waals surface area contributed by atoms with Crippen LogP contribution in [-0.2, 0) is 10.2 Å². The van der Waals surface area contributed by atoms with Gasteiger partial charge in [-0.25, -0.2) is 0 Å². The number of halogens is 1. The zero-order chi connectivity index (χ0) is 16.4. The van der Waals surface area contributed by atoms with Crippen molar-refractivity contribution < 1.29 is 15.0 Å². The van der Waals surface area contributed by atoms with Gasteiger partial charge in [0.15, 0.2) is 0 Å². The molecule has 126 valence electrons. The van der Waals surface area contributed by atoms with E-state index in [4.69, 9.17) is 11.6 Å². The predicted octanol–water partition coefficient (Wildman–Crippen LogP) is 2.40. The molecule has 3 N–H and O–H groups in total. The largest absolute Gasteiger partial charge is 0.396 e. The lowest BCUT2D eigenvalue weighted by molar-refractivity contribution is -0.127. The molecule has 1 aromatic rings. The monoisotopic (exact) mass is 337 g/mol. The Balaban J connectivity index is 1.76. The van der Waals surface area contributed by atoms with Crippen molar-refractivity contribution in [2.75, 3.05) is 6.61 Å². The number of hydrogen-bond acceptors (Lipinski definition) is 3. The number of amides is 1. The van der Waals surface area contributed by atoms with Crippen LogP contribution >= 0.6 is 11.6 Å². The van der Waals surface area contributed by atoms with E-state index in [-0.39, 0.29) is 24.5 Å². The number of carbonyl (C=O) groups excluding carboxylic acids is 1. The van der Waals surface area contributed by atoms with Gasteiger partial charge >= 0.3 is 0 Å². The Hall–Kier alpha value is -1.10. The number of aliphatic hydroxyl groups excluding tert-OH is 2. The van der Waals surface area contributed by atoms with Gasteiger partial charge in [0.25, 0.3) is 0 Å². The summed E-state index contributed by atoms with van der Waals surface area (Å²) in [7, 11) is 0. The van der Waals surface area contributed by atoms with Crippen LogP contribution in [0, 0.1) is 5.92 Å². The van der Waals surface area contributed by atoms with E-state index >= 15 is 0 Å². The molecule has 2 saturated carbocycles. The number of aliphatic hydroxyl groups is 2. The predicted molar refractivity (Wildman–Crippen MR) is 89.3 cm³/mol. The number of carbonyl (C=O) groups is 1. The lowest BCUT2D eigenvalue weighted by Gasteiger charge is -2.30. The quantitative estimate of drug-likeness (QED) is 0.790. The van der Waals surface area contributed by atoms with Crippen LogP contribution in [0.2, 0.25) is 5.02 Å². The van der Waals surface area contributed by atoms with Gasteiger partial charge in [0, 0.05) is 23.6 Å². The fourth-order valence-electron chi connectivity index (χ4n) is 4.13. The third-order valence-electron chi connectivity index (χ3n) is 5.52. The molecule has 0 saturated heterocycles. The van der Waals surface area contributed by atoms with Crippen LogP contribution in [0.1, 0.15) is 44.1 Å². The molecule has 0 spiro atoms. The first-order valence-corrected chi connectivity index (χ1v) is 8.79.